The van der Waals surface area contributed by atoms with Crippen LogP contribution in [0.3, 0.4) is 0 Å². The third-order valence-corrected chi connectivity index (χ3v) is 4.71. The summed E-state index contributed by atoms with van der Waals surface area (Å²) in [5.41, 5.74) is 1.06. The third kappa shape index (κ3) is 6.05. The second-order valence-electron chi connectivity index (χ2n) is 7.62. The highest BCUT2D eigenvalue weighted by atomic mass is 32.1. The normalized spacial score (nSPS) is 19.6. The largest absolute Gasteiger partial charge is 0.497 e. The van der Waals surface area contributed by atoms with Crippen LogP contribution in [0.5, 0.6) is 11.5 Å². The van der Waals surface area contributed by atoms with Crippen LogP contribution >= 0.6 is 12.2 Å². The Morgan fingerprint density at radius 2 is 1.96 bits per heavy atom. The molecule has 6 nitrogen and oxygen atoms in total. The molecule has 0 aromatic heterocycles. The van der Waals surface area contributed by atoms with Crippen LogP contribution in [0.4, 0.5) is 0 Å². The first-order valence-corrected chi connectivity index (χ1v) is 9.53. The van der Waals surface area contributed by atoms with E-state index >= 15 is 0 Å². The number of hydrogen-bond acceptors (Lipinski definition) is 6. The van der Waals surface area contributed by atoms with Gasteiger partial charge in [0.1, 0.15) is 17.1 Å². The lowest BCUT2D eigenvalue weighted by Crippen LogP contribution is -2.36. The molecule has 1 aromatic carbocycles. The van der Waals surface area contributed by atoms with E-state index in [1.165, 1.54) is 6.08 Å². The number of thiocarbonyl (C=S) groups is 1. The first-order valence-electron chi connectivity index (χ1n) is 9.12. The molecule has 0 saturated heterocycles. The van der Waals surface area contributed by atoms with E-state index in [0.717, 1.165) is 11.1 Å². The van der Waals surface area contributed by atoms with Crippen LogP contribution in [-0.4, -0.2) is 36.7 Å². The molecule has 1 heterocycles. The van der Waals surface area contributed by atoms with E-state index in [4.69, 9.17) is 26.4 Å². The van der Waals surface area contributed by atoms with Gasteiger partial charge in [-0.2, -0.15) is 0 Å². The minimum Gasteiger partial charge on any atom is -0.497 e. The van der Waals surface area contributed by atoms with Gasteiger partial charge in [-0.05, 0) is 51.3 Å². The number of rotatable bonds is 5. The number of esters is 1. The average molecular weight is 406 g/mol. The number of benzene rings is 1. The predicted molar refractivity (Wildman–Crippen MR) is 111 cm³/mol. The monoisotopic (exact) mass is 405 g/mol. The fourth-order valence-electron chi connectivity index (χ4n) is 3.01. The summed E-state index contributed by atoms with van der Waals surface area (Å²) >= 11 is 5.34. The van der Waals surface area contributed by atoms with E-state index in [2.05, 4.69) is 5.32 Å². The highest BCUT2D eigenvalue weighted by molar-refractivity contribution is 7.80. The van der Waals surface area contributed by atoms with Gasteiger partial charge in [0.15, 0.2) is 0 Å². The molecule has 1 unspecified atom stereocenters. The van der Waals surface area contributed by atoms with Crippen LogP contribution in [0.1, 0.15) is 45.6 Å². The van der Waals surface area contributed by atoms with Gasteiger partial charge in [0.25, 0.3) is 0 Å². The van der Waals surface area contributed by atoms with Crippen molar-refractivity contribution in [2.75, 3.05) is 14.2 Å². The summed E-state index contributed by atoms with van der Waals surface area (Å²) in [5, 5.41) is 2.70. The molecule has 0 fully saturated rings. The van der Waals surface area contributed by atoms with E-state index < -0.39 is 5.60 Å². The molecule has 0 bridgehead atoms. The predicted octanol–water partition coefficient (Wildman–Crippen LogP) is 3.67. The number of ether oxygens (including phenoxy) is 3. The summed E-state index contributed by atoms with van der Waals surface area (Å²) in [6.45, 7) is 5.46. The third-order valence-electron chi connectivity index (χ3n) is 4.27. The second-order valence-corrected chi connectivity index (χ2v) is 8.06. The Kier molecular flexibility index (Phi) is 7.18. The number of hydrogen-bond donors (Lipinski definition) is 1. The van der Waals surface area contributed by atoms with Crippen molar-refractivity contribution in [2.45, 2.75) is 45.6 Å². The Bertz CT molecular complexity index is 794. The number of allylic oxidation sites excluding steroid dienone is 1. The van der Waals surface area contributed by atoms with Gasteiger partial charge in [-0.25, -0.2) is 0 Å². The first-order chi connectivity index (χ1) is 13.1. The standard InChI is InChI=1S/C21H27NO5S/c1-21(2,3)27-19(24)11-14-7-6-13(10-18(23)22-20(14)28)16-9-8-15(25-4)12-17(16)26-5/h8-10,12,14H,6-7,11H2,1-5H3,(H,22,23,28)/b13-10+. The summed E-state index contributed by atoms with van der Waals surface area (Å²) in [6.07, 6.45) is 2.84. The van der Waals surface area contributed by atoms with Gasteiger partial charge in [0, 0.05) is 23.6 Å². The van der Waals surface area contributed by atoms with Gasteiger partial charge in [-0.1, -0.05) is 12.2 Å². The van der Waals surface area contributed by atoms with Crippen molar-refractivity contribution in [1.29, 1.82) is 0 Å². The highest BCUT2D eigenvalue weighted by Gasteiger charge is 2.26. The van der Waals surface area contributed by atoms with E-state index in [-0.39, 0.29) is 24.2 Å². The maximum Gasteiger partial charge on any atom is 0.307 e. The maximum atomic E-state index is 12.4. The molecule has 0 spiro atoms. The van der Waals surface area contributed by atoms with Crippen molar-refractivity contribution in [2.24, 2.45) is 5.92 Å². The molecule has 2 rings (SSSR count). The minimum absolute atomic E-state index is 0.128. The molecule has 1 aromatic rings. The van der Waals surface area contributed by atoms with E-state index in [0.29, 0.717) is 29.3 Å². The number of nitrogens with one attached hydrogen (secondary N) is 1. The number of carbonyl (C=O) groups is 2. The molecule has 7 heteroatoms. The van der Waals surface area contributed by atoms with Crippen LogP contribution < -0.4 is 14.8 Å². The Hall–Kier alpha value is -2.41. The zero-order chi connectivity index (χ0) is 20.9. The van der Waals surface area contributed by atoms with Crippen molar-refractivity contribution in [3.05, 3.63) is 29.8 Å². The zero-order valence-electron chi connectivity index (χ0n) is 17.0. The SMILES string of the molecule is COc1ccc(/C2=C/C(=O)NC(=S)C(CC(=O)OC(C)(C)C)CC2)c(OC)c1. The van der Waals surface area contributed by atoms with Crippen LogP contribution in [0, 0.1) is 5.92 Å². The molecule has 0 aliphatic carbocycles. The lowest BCUT2D eigenvalue weighted by Gasteiger charge is -2.24. The minimum atomic E-state index is -0.564. The molecule has 0 saturated carbocycles. The molecule has 0 radical (unpaired) electrons. The van der Waals surface area contributed by atoms with E-state index in [1.54, 1.807) is 20.3 Å². The van der Waals surface area contributed by atoms with Crippen LogP contribution in [0.15, 0.2) is 24.3 Å². The van der Waals surface area contributed by atoms with Gasteiger partial charge in [0.05, 0.1) is 25.6 Å². The van der Waals surface area contributed by atoms with Crippen LogP contribution in [0.25, 0.3) is 5.57 Å². The van der Waals surface area contributed by atoms with Gasteiger partial charge < -0.3 is 19.5 Å². The Balaban J connectivity index is 2.23. The van der Waals surface area contributed by atoms with Gasteiger partial charge in [0.2, 0.25) is 5.91 Å². The molecule has 1 N–H and O–H groups in total. The average Bonchev–Trinajstić information content (AvgIpc) is 2.60. The lowest BCUT2D eigenvalue weighted by molar-refractivity contribution is -0.155. The molecule has 1 amide bonds. The van der Waals surface area contributed by atoms with Crippen molar-refractivity contribution in [1.82, 2.24) is 5.32 Å². The first kappa shape index (κ1) is 21.9. The molecule has 28 heavy (non-hydrogen) atoms. The number of carbonyl (C=O) groups excluding carboxylic acids is 2. The summed E-state index contributed by atoms with van der Waals surface area (Å²) in [6, 6.07) is 5.45. The molecular weight excluding hydrogens is 378 g/mol. The molecule has 152 valence electrons. The van der Waals surface area contributed by atoms with Crippen molar-refractivity contribution in [3.63, 3.8) is 0 Å². The van der Waals surface area contributed by atoms with Gasteiger partial charge >= 0.3 is 5.97 Å². The van der Waals surface area contributed by atoms with Gasteiger partial charge in [-0.3, -0.25) is 9.59 Å². The van der Waals surface area contributed by atoms with Crippen molar-refractivity contribution in [3.8, 4) is 11.5 Å². The topological polar surface area (TPSA) is 73.9 Å². The highest BCUT2D eigenvalue weighted by Crippen LogP contribution is 2.34. The van der Waals surface area contributed by atoms with E-state index in [1.807, 2.05) is 32.9 Å². The molecule has 1 aliphatic heterocycles. The second kappa shape index (κ2) is 9.19. The smallest absolute Gasteiger partial charge is 0.307 e. The Morgan fingerprint density at radius 1 is 1.25 bits per heavy atom. The summed E-state index contributed by atoms with van der Waals surface area (Å²) < 4.78 is 16.1. The molecule has 1 aliphatic rings. The van der Waals surface area contributed by atoms with E-state index in [9.17, 15) is 9.59 Å². The quantitative estimate of drug-likeness (QED) is 0.595. The fraction of sp³-hybridized carbons (Fsp3) is 0.476. The van der Waals surface area contributed by atoms with Crippen molar-refractivity contribution < 1.29 is 23.8 Å². The number of amides is 1. The summed E-state index contributed by atoms with van der Waals surface area (Å²) in [4.78, 5) is 25.0. The Morgan fingerprint density at radius 3 is 2.57 bits per heavy atom. The zero-order valence-corrected chi connectivity index (χ0v) is 17.8. The van der Waals surface area contributed by atoms with Gasteiger partial charge in [-0.15, -0.1) is 0 Å². The Labute approximate surface area is 171 Å². The summed E-state index contributed by atoms with van der Waals surface area (Å²) in [5.74, 6) is 0.362. The van der Waals surface area contributed by atoms with Crippen LogP contribution in [0.2, 0.25) is 0 Å². The number of methoxy groups -OCH3 is 2. The maximum absolute atomic E-state index is 12.4. The lowest BCUT2D eigenvalue weighted by atomic mass is 9.91. The molecule has 1 atom stereocenters. The van der Waals surface area contributed by atoms with Crippen LogP contribution in [-0.2, 0) is 14.3 Å². The van der Waals surface area contributed by atoms with Crippen molar-refractivity contribution >= 4 is 34.7 Å². The molecular formula is C21H27NO5S. The summed E-state index contributed by atoms with van der Waals surface area (Å²) in [7, 11) is 3.15. The fourth-order valence-corrected chi connectivity index (χ4v) is 3.31.